The van der Waals surface area contributed by atoms with Gasteiger partial charge in [-0.25, -0.2) is 9.78 Å². The van der Waals surface area contributed by atoms with Crippen molar-refractivity contribution in [3.05, 3.63) is 29.5 Å². The summed E-state index contributed by atoms with van der Waals surface area (Å²) in [6.07, 6.45) is 8.96. The molecule has 0 spiro atoms. The molecule has 1 aliphatic carbocycles. The lowest BCUT2D eigenvalue weighted by Crippen LogP contribution is -2.42. The summed E-state index contributed by atoms with van der Waals surface area (Å²) in [7, 11) is 0. The molecule has 1 aromatic rings. The number of pyridine rings is 1. The van der Waals surface area contributed by atoms with Gasteiger partial charge in [-0.15, -0.1) is 0 Å². The maximum absolute atomic E-state index is 12.3. The number of hydrogen-bond acceptors (Lipinski definition) is 5. The van der Waals surface area contributed by atoms with Crippen LogP contribution in [0.5, 0.6) is 0 Å². The molecule has 1 amide bonds. The summed E-state index contributed by atoms with van der Waals surface area (Å²) in [5.74, 6) is 2.08. The van der Waals surface area contributed by atoms with Crippen LogP contribution in [-0.2, 0) is 11.2 Å². The maximum atomic E-state index is 12.3. The number of anilines is 1. The van der Waals surface area contributed by atoms with E-state index in [0.29, 0.717) is 11.7 Å². The van der Waals surface area contributed by atoms with Gasteiger partial charge in [-0.2, -0.15) is 0 Å². The van der Waals surface area contributed by atoms with Gasteiger partial charge in [-0.05, 0) is 94.4 Å². The van der Waals surface area contributed by atoms with Crippen LogP contribution in [0.25, 0.3) is 5.57 Å². The van der Waals surface area contributed by atoms with Gasteiger partial charge in [0.25, 0.3) is 0 Å². The summed E-state index contributed by atoms with van der Waals surface area (Å²) in [5.41, 5.74) is 9.45. The van der Waals surface area contributed by atoms with Crippen LogP contribution in [0.2, 0.25) is 0 Å². The van der Waals surface area contributed by atoms with E-state index >= 15 is 0 Å². The zero-order valence-electron chi connectivity index (χ0n) is 19.4. The Labute approximate surface area is 186 Å². The van der Waals surface area contributed by atoms with Gasteiger partial charge >= 0.3 is 6.09 Å². The summed E-state index contributed by atoms with van der Waals surface area (Å²) >= 11 is 0. The Bertz CT molecular complexity index is 817. The largest absolute Gasteiger partial charge is 0.444 e. The number of rotatable bonds is 5. The van der Waals surface area contributed by atoms with Gasteiger partial charge in [0.05, 0.1) is 0 Å². The first kappa shape index (κ1) is 22.1. The van der Waals surface area contributed by atoms with Crippen LogP contribution in [0.1, 0.15) is 64.1 Å². The topological polar surface area (TPSA) is 71.7 Å². The molecule has 0 bridgehead atoms. The van der Waals surface area contributed by atoms with E-state index in [1.54, 1.807) is 0 Å². The van der Waals surface area contributed by atoms with Gasteiger partial charge in [0.15, 0.2) is 0 Å². The fourth-order valence-corrected chi connectivity index (χ4v) is 4.65. The van der Waals surface area contributed by atoms with Crippen LogP contribution in [0, 0.1) is 11.8 Å². The molecule has 2 N–H and O–H groups in total. The van der Waals surface area contributed by atoms with E-state index in [1.165, 1.54) is 30.5 Å². The average Bonchev–Trinajstić information content (AvgIpc) is 3.51. The highest BCUT2D eigenvalue weighted by Gasteiger charge is 2.28. The first-order valence-electron chi connectivity index (χ1n) is 11.9. The van der Waals surface area contributed by atoms with Gasteiger partial charge in [0.1, 0.15) is 11.4 Å². The molecule has 6 heteroatoms. The monoisotopic (exact) mass is 426 g/mol. The van der Waals surface area contributed by atoms with Crippen LogP contribution < -0.4 is 5.73 Å². The quantitative estimate of drug-likeness (QED) is 0.758. The Hall–Kier alpha value is -2.08. The van der Waals surface area contributed by atoms with Crippen molar-refractivity contribution in [2.45, 2.75) is 64.9 Å². The van der Waals surface area contributed by atoms with E-state index in [2.05, 4.69) is 22.0 Å². The van der Waals surface area contributed by atoms with Crippen LogP contribution in [0.4, 0.5) is 10.6 Å². The van der Waals surface area contributed by atoms with Crippen LogP contribution in [0.15, 0.2) is 18.2 Å². The third kappa shape index (κ3) is 6.45. The van der Waals surface area contributed by atoms with Gasteiger partial charge in [-0.1, -0.05) is 6.08 Å². The lowest BCUT2D eigenvalue weighted by Gasteiger charge is -2.33. The highest BCUT2D eigenvalue weighted by molar-refractivity contribution is 5.69. The number of amides is 1. The normalized spacial score (nSPS) is 21.1. The van der Waals surface area contributed by atoms with Crippen molar-refractivity contribution in [3.8, 4) is 0 Å². The third-order valence-corrected chi connectivity index (χ3v) is 6.54. The van der Waals surface area contributed by atoms with Crippen molar-refractivity contribution < 1.29 is 9.53 Å². The Morgan fingerprint density at radius 3 is 2.48 bits per heavy atom. The first-order chi connectivity index (χ1) is 14.7. The number of nitrogens with two attached hydrogens (primary N) is 1. The molecule has 1 saturated carbocycles. The molecule has 2 fully saturated rings. The second-order valence-corrected chi connectivity index (χ2v) is 10.6. The van der Waals surface area contributed by atoms with Gasteiger partial charge < -0.3 is 15.4 Å². The van der Waals surface area contributed by atoms with Crippen molar-refractivity contribution in [1.29, 1.82) is 0 Å². The van der Waals surface area contributed by atoms with Gasteiger partial charge in [-0.3, -0.25) is 4.90 Å². The van der Waals surface area contributed by atoms with E-state index in [9.17, 15) is 4.79 Å². The van der Waals surface area contributed by atoms with Gasteiger partial charge in [0, 0.05) is 38.4 Å². The Morgan fingerprint density at radius 1 is 1.13 bits per heavy atom. The lowest BCUT2D eigenvalue weighted by molar-refractivity contribution is 0.0184. The molecule has 0 unspecified atom stereocenters. The van der Waals surface area contributed by atoms with Crippen LogP contribution in [0.3, 0.4) is 0 Å². The lowest BCUT2D eigenvalue weighted by atomic mass is 9.91. The highest BCUT2D eigenvalue weighted by Crippen LogP contribution is 2.32. The number of aromatic nitrogens is 1. The number of hydrogen-bond donors (Lipinski definition) is 1. The van der Waals surface area contributed by atoms with E-state index in [0.717, 1.165) is 63.5 Å². The van der Waals surface area contributed by atoms with E-state index in [-0.39, 0.29) is 6.09 Å². The van der Waals surface area contributed by atoms with Gasteiger partial charge in [0.2, 0.25) is 0 Å². The Kier molecular flexibility index (Phi) is 6.56. The van der Waals surface area contributed by atoms with E-state index in [4.69, 9.17) is 10.5 Å². The fourth-order valence-electron chi connectivity index (χ4n) is 4.65. The molecule has 0 aromatic carbocycles. The predicted molar refractivity (Wildman–Crippen MR) is 125 cm³/mol. The molecule has 4 rings (SSSR count). The smallest absolute Gasteiger partial charge is 0.410 e. The summed E-state index contributed by atoms with van der Waals surface area (Å²) in [6.45, 7) is 10.7. The number of piperidine rings is 1. The second-order valence-electron chi connectivity index (χ2n) is 10.6. The minimum absolute atomic E-state index is 0.199. The maximum Gasteiger partial charge on any atom is 0.410 e. The minimum atomic E-state index is -0.446. The number of likely N-dealkylation sites (tertiary alicyclic amines) is 1. The molecule has 3 aliphatic rings. The summed E-state index contributed by atoms with van der Waals surface area (Å²) < 4.78 is 5.51. The number of nitrogens with zero attached hydrogens (tertiary/aromatic N) is 3. The van der Waals surface area contributed by atoms with Crippen molar-refractivity contribution in [1.82, 2.24) is 14.8 Å². The number of carbonyl (C=O) groups is 1. The van der Waals surface area contributed by atoms with Crippen molar-refractivity contribution >= 4 is 17.5 Å². The summed E-state index contributed by atoms with van der Waals surface area (Å²) in [6, 6.07) is 4.26. The molecule has 0 atom stereocenters. The fraction of sp³-hybridized carbons (Fsp3) is 0.680. The number of ether oxygens (including phenoxy) is 1. The zero-order chi connectivity index (χ0) is 22.0. The molecule has 0 radical (unpaired) electrons. The summed E-state index contributed by atoms with van der Waals surface area (Å²) in [4.78, 5) is 21.3. The molecule has 2 aliphatic heterocycles. The third-order valence-electron chi connectivity index (χ3n) is 6.54. The Morgan fingerprint density at radius 2 is 1.87 bits per heavy atom. The van der Waals surface area contributed by atoms with Crippen LogP contribution in [-0.4, -0.2) is 59.2 Å². The molecule has 3 heterocycles. The SMILES string of the molecule is CC(C)(C)OC(=O)N1CCC(Cc2cc(C3=CCN(CC4CC4)CC3)cc(N)n2)CC1. The Balaban J connectivity index is 1.32. The zero-order valence-corrected chi connectivity index (χ0v) is 19.4. The van der Waals surface area contributed by atoms with Crippen molar-refractivity contribution in [3.63, 3.8) is 0 Å². The minimum Gasteiger partial charge on any atom is -0.444 e. The highest BCUT2D eigenvalue weighted by atomic mass is 16.6. The van der Waals surface area contributed by atoms with Crippen molar-refractivity contribution in [2.75, 3.05) is 38.5 Å². The van der Waals surface area contributed by atoms with Crippen molar-refractivity contribution in [2.24, 2.45) is 11.8 Å². The molecule has 1 saturated heterocycles. The molecular weight excluding hydrogens is 388 g/mol. The number of carbonyl (C=O) groups excluding carboxylic acids is 1. The predicted octanol–water partition coefficient (Wildman–Crippen LogP) is 4.35. The molecule has 6 nitrogen and oxygen atoms in total. The van der Waals surface area contributed by atoms with E-state index < -0.39 is 5.60 Å². The molecular formula is C25H38N4O2. The molecule has 31 heavy (non-hydrogen) atoms. The van der Waals surface area contributed by atoms with E-state index in [1.807, 2.05) is 31.7 Å². The standard InChI is InChI=1S/C25H38N4O2/c1-25(2,3)31-24(30)29-12-6-18(7-13-29)14-22-15-21(16-23(26)27-22)20-8-10-28(11-9-20)17-19-4-5-19/h8,15-16,18-19H,4-7,9-14,17H2,1-3H3,(H2,26,27). The first-order valence-corrected chi connectivity index (χ1v) is 11.9. The summed E-state index contributed by atoms with van der Waals surface area (Å²) in [5, 5.41) is 0. The average molecular weight is 427 g/mol. The second kappa shape index (κ2) is 9.19. The molecule has 1 aromatic heterocycles. The van der Waals surface area contributed by atoms with Crippen LogP contribution >= 0.6 is 0 Å². The molecule has 170 valence electrons. The number of nitrogen functional groups attached to an aromatic ring is 1.